The predicted molar refractivity (Wildman–Crippen MR) is 244 cm³/mol. The summed E-state index contributed by atoms with van der Waals surface area (Å²) in [7, 11) is 0. The Hall–Kier alpha value is -7.68. The highest BCUT2D eigenvalue weighted by Crippen LogP contribution is 2.56. The first kappa shape index (κ1) is 34.6. The summed E-state index contributed by atoms with van der Waals surface area (Å²) in [5.74, 6) is 0.714. The molecule has 11 rings (SSSR count). The summed E-state index contributed by atoms with van der Waals surface area (Å²) >= 11 is 0. The Balaban J connectivity index is 1.01. The van der Waals surface area contributed by atoms with Crippen LogP contribution in [0.4, 0.5) is 0 Å². The largest absolute Gasteiger partial charge is 0.228 e. The molecule has 0 spiro atoms. The van der Waals surface area contributed by atoms with E-state index < -0.39 is 5.41 Å². The van der Waals surface area contributed by atoms with E-state index in [1.54, 1.807) is 0 Å². The van der Waals surface area contributed by atoms with Crippen LogP contribution in [0.25, 0.3) is 78.1 Å². The van der Waals surface area contributed by atoms with Gasteiger partial charge in [0, 0.05) is 16.7 Å². The van der Waals surface area contributed by atoms with Gasteiger partial charge in [0.15, 0.2) is 5.82 Å². The fourth-order valence-electron chi connectivity index (χ4n) is 9.30. The van der Waals surface area contributed by atoms with Crippen LogP contribution in [-0.2, 0) is 5.41 Å². The van der Waals surface area contributed by atoms with E-state index in [-0.39, 0.29) is 0 Å². The Morgan fingerprint density at radius 2 is 0.746 bits per heavy atom. The van der Waals surface area contributed by atoms with E-state index in [2.05, 4.69) is 206 Å². The third-order valence-electron chi connectivity index (χ3n) is 12.0. The van der Waals surface area contributed by atoms with Gasteiger partial charge in [0.2, 0.25) is 0 Å². The minimum atomic E-state index is -0.432. The van der Waals surface area contributed by atoms with Crippen molar-refractivity contribution in [2.45, 2.75) is 5.41 Å². The van der Waals surface area contributed by atoms with Crippen LogP contribution in [0.5, 0.6) is 0 Å². The number of fused-ring (bicyclic) bond motifs is 4. The van der Waals surface area contributed by atoms with E-state index in [1.807, 2.05) is 24.3 Å². The second-order valence-electron chi connectivity index (χ2n) is 15.3. The molecule has 1 aliphatic carbocycles. The smallest absolute Gasteiger partial charge is 0.160 e. The molecule has 0 unspecified atom stereocenters. The molecule has 9 aromatic carbocycles. The quantitative estimate of drug-likeness (QED) is 0.162. The average Bonchev–Trinajstić information content (AvgIpc) is 3.62. The van der Waals surface area contributed by atoms with Crippen LogP contribution >= 0.6 is 0 Å². The highest BCUT2D eigenvalue weighted by molar-refractivity contribution is 6.05. The van der Waals surface area contributed by atoms with Gasteiger partial charge in [-0.15, -0.1) is 0 Å². The molecule has 2 nitrogen and oxygen atoms in total. The Bertz CT molecular complexity index is 3020. The van der Waals surface area contributed by atoms with Gasteiger partial charge in [0.1, 0.15) is 0 Å². The van der Waals surface area contributed by atoms with Crippen molar-refractivity contribution in [1.29, 1.82) is 0 Å². The number of benzene rings is 9. The van der Waals surface area contributed by atoms with Crippen molar-refractivity contribution in [2.24, 2.45) is 0 Å². The number of aromatic nitrogens is 2. The Morgan fingerprint density at radius 1 is 0.271 bits per heavy atom. The fraction of sp³-hybridized carbons (Fsp3) is 0.0175. The molecule has 0 fully saturated rings. The molecular formula is C57H38N2. The molecule has 0 amide bonds. The van der Waals surface area contributed by atoms with Crippen molar-refractivity contribution in [2.75, 3.05) is 0 Å². The van der Waals surface area contributed by atoms with Gasteiger partial charge in [-0.05, 0) is 78.5 Å². The van der Waals surface area contributed by atoms with Crippen LogP contribution in [-0.4, -0.2) is 9.97 Å². The van der Waals surface area contributed by atoms with Gasteiger partial charge in [-0.3, -0.25) is 0 Å². The zero-order valence-electron chi connectivity index (χ0n) is 32.3. The summed E-state index contributed by atoms with van der Waals surface area (Å²) in [5, 5.41) is 2.34. The Kier molecular flexibility index (Phi) is 8.41. The van der Waals surface area contributed by atoms with E-state index in [4.69, 9.17) is 9.97 Å². The summed E-state index contributed by atoms with van der Waals surface area (Å²) in [6, 6.07) is 83.0. The summed E-state index contributed by atoms with van der Waals surface area (Å²) in [5.41, 5.74) is 17.0. The first-order valence-electron chi connectivity index (χ1n) is 20.2. The number of hydrogen-bond donors (Lipinski definition) is 0. The predicted octanol–water partition coefficient (Wildman–Crippen LogP) is 14.3. The highest BCUT2D eigenvalue weighted by atomic mass is 14.9. The molecule has 0 radical (unpaired) electrons. The molecule has 2 heteroatoms. The van der Waals surface area contributed by atoms with Gasteiger partial charge in [0.25, 0.3) is 0 Å². The van der Waals surface area contributed by atoms with Gasteiger partial charge in [-0.25, -0.2) is 9.97 Å². The van der Waals surface area contributed by atoms with Gasteiger partial charge >= 0.3 is 0 Å². The lowest BCUT2D eigenvalue weighted by atomic mass is 9.67. The van der Waals surface area contributed by atoms with Gasteiger partial charge in [-0.1, -0.05) is 218 Å². The summed E-state index contributed by atoms with van der Waals surface area (Å²) in [6.45, 7) is 0. The van der Waals surface area contributed by atoms with E-state index in [0.717, 1.165) is 33.5 Å². The molecule has 0 bridgehead atoms. The minimum absolute atomic E-state index is 0.432. The molecule has 0 saturated carbocycles. The molecule has 276 valence electrons. The van der Waals surface area contributed by atoms with Crippen LogP contribution in [0, 0.1) is 0 Å². The Labute approximate surface area is 344 Å². The van der Waals surface area contributed by atoms with Crippen molar-refractivity contribution in [3.8, 4) is 67.3 Å². The lowest BCUT2D eigenvalue weighted by Crippen LogP contribution is -2.28. The first-order valence-corrected chi connectivity index (χ1v) is 20.2. The van der Waals surface area contributed by atoms with E-state index in [0.29, 0.717) is 5.82 Å². The zero-order valence-corrected chi connectivity index (χ0v) is 32.3. The van der Waals surface area contributed by atoms with Crippen molar-refractivity contribution in [3.63, 3.8) is 0 Å². The van der Waals surface area contributed by atoms with Crippen LogP contribution < -0.4 is 0 Å². The molecule has 0 aliphatic heterocycles. The van der Waals surface area contributed by atoms with Gasteiger partial charge in [-0.2, -0.15) is 0 Å². The molecule has 0 saturated heterocycles. The van der Waals surface area contributed by atoms with Gasteiger partial charge in [0.05, 0.1) is 16.8 Å². The summed E-state index contributed by atoms with van der Waals surface area (Å²) in [6.07, 6.45) is 0. The fourth-order valence-corrected chi connectivity index (χ4v) is 9.30. The van der Waals surface area contributed by atoms with Crippen molar-refractivity contribution in [1.82, 2.24) is 9.97 Å². The second kappa shape index (κ2) is 14.4. The Morgan fingerprint density at radius 3 is 1.42 bits per heavy atom. The average molecular weight is 751 g/mol. The molecule has 0 N–H and O–H groups in total. The number of rotatable bonds is 7. The molecule has 0 atom stereocenters. The molecule has 1 heterocycles. The normalized spacial score (nSPS) is 12.5. The van der Waals surface area contributed by atoms with Crippen LogP contribution in [0.3, 0.4) is 0 Å². The van der Waals surface area contributed by atoms with E-state index >= 15 is 0 Å². The molecule has 1 aliphatic rings. The van der Waals surface area contributed by atoms with E-state index in [9.17, 15) is 0 Å². The summed E-state index contributed by atoms with van der Waals surface area (Å²) < 4.78 is 0. The standard InChI is InChI=1S/C57H38N2/c1-5-17-41(18-6-1)54-38-55(59-56(58-54)42-19-7-2-8-20-42)51-36-35-46(47-25-13-14-26-48(47)51)40-31-29-39(30-32-40)43-33-34-50-49-27-15-16-28-52(49)57(53(50)37-43,44-21-9-3-10-22-44)45-23-11-4-12-24-45/h1-38H. The first-order chi connectivity index (χ1) is 29.3. The van der Waals surface area contributed by atoms with Gasteiger partial charge < -0.3 is 0 Å². The zero-order chi connectivity index (χ0) is 39.2. The lowest BCUT2D eigenvalue weighted by molar-refractivity contribution is 0.769. The topological polar surface area (TPSA) is 25.8 Å². The number of nitrogens with zero attached hydrogens (tertiary/aromatic N) is 2. The van der Waals surface area contributed by atoms with Crippen LogP contribution in [0.2, 0.25) is 0 Å². The maximum absolute atomic E-state index is 5.17. The third kappa shape index (κ3) is 5.80. The number of hydrogen-bond acceptors (Lipinski definition) is 2. The van der Waals surface area contributed by atoms with Crippen molar-refractivity contribution < 1.29 is 0 Å². The summed E-state index contributed by atoms with van der Waals surface area (Å²) in [4.78, 5) is 10.2. The molecule has 10 aromatic rings. The molecule has 1 aromatic heterocycles. The molecular weight excluding hydrogens is 713 g/mol. The SMILES string of the molecule is c1ccc(-c2cc(-c3ccc(-c4ccc(-c5ccc6c(c5)C(c5ccccc5)(c5ccccc5)c5ccccc5-6)cc4)c4ccccc34)nc(-c3ccccc3)n2)cc1. The second-order valence-corrected chi connectivity index (χ2v) is 15.3. The monoisotopic (exact) mass is 750 g/mol. The maximum atomic E-state index is 5.17. The van der Waals surface area contributed by atoms with Crippen LogP contribution in [0.15, 0.2) is 231 Å². The lowest BCUT2D eigenvalue weighted by Gasteiger charge is -2.34. The third-order valence-corrected chi connectivity index (χ3v) is 12.0. The van der Waals surface area contributed by atoms with Crippen molar-refractivity contribution >= 4 is 10.8 Å². The van der Waals surface area contributed by atoms with Crippen LogP contribution in [0.1, 0.15) is 22.3 Å². The highest BCUT2D eigenvalue weighted by Gasteiger charge is 2.46. The molecule has 59 heavy (non-hydrogen) atoms. The van der Waals surface area contributed by atoms with E-state index in [1.165, 1.54) is 61.0 Å². The minimum Gasteiger partial charge on any atom is -0.228 e. The maximum Gasteiger partial charge on any atom is 0.160 e. The van der Waals surface area contributed by atoms with Crippen molar-refractivity contribution in [3.05, 3.63) is 253 Å².